The minimum atomic E-state index is -0.582. The molecule has 122 valence electrons. The number of hydrogen-bond acceptors (Lipinski definition) is 2. The van der Waals surface area contributed by atoms with Crippen molar-refractivity contribution in [3.63, 3.8) is 0 Å². The van der Waals surface area contributed by atoms with Gasteiger partial charge in [-0.1, -0.05) is 30.3 Å². The Morgan fingerprint density at radius 3 is 2.57 bits per heavy atom. The molecule has 2 rings (SSSR count). The van der Waals surface area contributed by atoms with Gasteiger partial charge < -0.3 is 15.7 Å². The number of rotatable bonds is 6. The first kappa shape index (κ1) is 16.9. The first-order chi connectivity index (χ1) is 11.1. The topological polar surface area (TPSA) is 61.4 Å². The highest BCUT2D eigenvalue weighted by Crippen LogP contribution is 2.16. The quantitative estimate of drug-likeness (QED) is 0.766. The Kier molecular flexibility index (Phi) is 6.05. The zero-order chi connectivity index (χ0) is 16.7. The van der Waals surface area contributed by atoms with E-state index < -0.39 is 17.7 Å². The molecule has 0 heterocycles. The first-order valence-corrected chi connectivity index (χ1v) is 7.24. The number of nitrogens with one attached hydrogen (secondary N) is 2. The van der Waals surface area contributed by atoms with Crippen molar-refractivity contribution >= 4 is 6.03 Å². The summed E-state index contributed by atoms with van der Waals surface area (Å²) in [7, 11) is 0. The Bertz CT molecular complexity index is 650. The molecule has 0 spiro atoms. The van der Waals surface area contributed by atoms with Gasteiger partial charge in [-0.05, 0) is 30.2 Å². The summed E-state index contributed by atoms with van der Waals surface area (Å²) in [5.74, 6) is -1.15. The Labute approximate surface area is 133 Å². The van der Waals surface area contributed by atoms with E-state index in [2.05, 4.69) is 10.6 Å². The van der Waals surface area contributed by atoms with E-state index in [-0.39, 0.29) is 24.8 Å². The van der Waals surface area contributed by atoms with Crippen LogP contribution in [0.15, 0.2) is 48.5 Å². The number of carbonyl (C=O) groups excluding carboxylic acids is 1. The maximum Gasteiger partial charge on any atom is 0.315 e. The summed E-state index contributed by atoms with van der Waals surface area (Å²) in [6.45, 7) is -0.214. The Morgan fingerprint density at radius 1 is 1.13 bits per heavy atom. The summed E-state index contributed by atoms with van der Waals surface area (Å²) in [5.41, 5.74) is 0.923. The largest absolute Gasteiger partial charge is 0.396 e. The fraction of sp³-hybridized carbons (Fsp3) is 0.235. The summed E-state index contributed by atoms with van der Waals surface area (Å²) in [5, 5.41) is 14.3. The van der Waals surface area contributed by atoms with E-state index in [9.17, 15) is 13.6 Å². The number of aliphatic hydroxyl groups is 1. The van der Waals surface area contributed by atoms with Crippen LogP contribution in [0.3, 0.4) is 0 Å². The summed E-state index contributed by atoms with van der Waals surface area (Å²) < 4.78 is 26.6. The van der Waals surface area contributed by atoms with E-state index in [1.54, 1.807) is 0 Å². The lowest BCUT2D eigenvalue weighted by atomic mass is 10.0. The molecule has 0 aromatic heterocycles. The van der Waals surface area contributed by atoms with Crippen LogP contribution in [0.5, 0.6) is 0 Å². The van der Waals surface area contributed by atoms with E-state index in [0.717, 1.165) is 23.8 Å². The molecule has 3 N–H and O–H groups in total. The third-order valence-electron chi connectivity index (χ3n) is 3.37. The van der Waals surface area contributed by atoms with Gasteiger partial charge in [0, 0.05) is 18.7 Å². The molecule has 0 radical (unpaired) electrons. The lowest BCUT2D eigenvalue weighted by Gasteiger charge is -2.18. The standard InChI is InChI=1S/C17H18F2N2O2/c18-14-6-7-15(19)13(10-14)11-20-17(23)21-16(8-9-22)12-4-2-1-3-5-12/h1-7,10,16,22H,8-9,11H2,(H2,20,21,23)/t16-/m1/s1. The molecule has 0 aliphatic carbocycles. The van der Waals surface area contributed by atoms with Crippen LogP contribution in [0.4, 0.5) is 13.6 Å². The molecule has 0 aliphatic rings. The van der Waals surface area contributed by atoms with Gasteiger partial charge in [-0.25, -0.2) is 13.6 Å². The predicted molar refractivity (Wildman–Crippen MR) is 82.6 cm³/mol. The molecule has 1 atom stereocenters. The second kappa shape index (κ2) is 8.24. The van der Waals surface area contributed by atoms with Crippen LogP contribution in [-0.4, -0.2) is 17.7 Å². The number of hydrogen-bond donors (Lipinski definition) is 3. The number of carbonyl (C=O) groups is 1. The number of halogens is 2. The molecule has 6 heteroatoms. The maximum atomic E-state index is 13.5. The second-order valence-electron chi connectivity index (χ2n) is 5.04. The van der Waals surface area contributed by atoms with Gasteiger partial charge in [0.25, 0.3) is 0 Å². The monoisotopic (exact) mass is 320 g/mol. The van der Waals surface area contributed by atoms with Crippen molar-refractivity contribution in [2.75, 3.05) is 6.61 Å². The summed E-state index contributed by atoms with van der Waals surface area (Å²) in [4.78, 5) is 12.0. The molecular formula is C17H18F2N2O2. The van der Waals surface area contributed by atoms with Crippen molar-refractivity contribution in [3.05, 3.63) is 71.3 Å². The highest BCUT2D eigenvalue weighted by Gasteiger charge is 2.14. The Balaban J connectivity index is 1.95. The molecule has 0 saturated carbocycles. The molecule has 0 aliphatic heterocycles. The average molecular weight is 320 g/mol. The highest BCUT2D eigenvalue weighted by atomic mass is 19.1. The zero-order valence-corrected chi connectivity index (χ0v) is 12.4. The van der Waals surface area contributed by atoms with Gasteiger partial charge in [0.15, 0.2) is 0 Å². The van der Waals surface area contributed by atoms with Gasteiger partial charge in [-0.15, -0.1) is 0 Å². The van der Waals surface area contributed by atoms with E-state index in [4.69, 9.17) is 5.11 Å². The maximum absolute atomic E-state index is 13.5. The molecule has 0 fully saturated rings. The van der Waals surface area contributed by atoms with Gasteiger partial charge in [-0.3, -0.25) is 0 Å². The third kappa shape index (κ3) is 5.03. The van der Waals surface area contributed by atoms with Crippen molar-refractivity contribution in [3.8, 4) is 0 Å². The second-order valence-corrected chi connectivity index (χ2v) is 5.04. The molecule has 2 aromatic rings. The van der Waals surface area contributed by atoms with Gasteiger partial charge >= 0.3 is 6.03 Å². The van der Waals surface area contributed by atoms with Crippen molar-refractivity contribution in [1.29, 1.82) is 0 Å². The lowest BCUT2D eigenvalue weighted by molar-refractivity contribution is 0.228. The SMILES string of the molecule is O=C(NCc1cc(F)ccc1F)N[C@H](CCO)c1ccccc1. The molecule has 4 nitrogen and oxygen atoms in total. The number of amides is 2. The van der Waals surface area contributed by atoms with Crippen LogP contribution in [0.1, 0.15) is 23.6 Å². The zero-order valence-electron chi connectivity index (χ0n) is 12.4. The van der Waals surface area contributed by atoms with Crippen molar-refractivity contribution in [2.45, 2.75) is 19.0 Å². The van der Waals surface area contributed by atoms with E-state index in [1.807, 2.05) is 30.3 Å². The molecular weight excluding hydrogens is 302 g/mol. The van der Waals surface area contributed by atoms with Crippen LogP contribution in [0, 0.1) is 11.6 Å². The van der Waals surface area contributed by atoms with Crippen molar-refractivity contribution < 1.29 is 18.7 Å². The van der Waals surface area contributed by atoms with E-state index in [1.165, 1.54) is 0 Å². The minimum Gasteiger partial charge on any atom is -0.396 e. The van der Waals surface area contributed by atoms with E-state index >= 15 is 0 Å². The van der Waals surface area contributed by atoms with Gasteiger partial charge in [0.2, 0.25) is 0 Å². The van der Waals surface area contributed by atoms with Crippen LogP contribution in [0.2, 0.25) is 0 Å². The predicted octanol–water partition coefficient (Wildman–Crippen LogP) is 2.89. The summed E-state index contributed by atoms with van der Waals surface area (Å²) in [6, 6.07) is 11.4. The number of urea groups is 1. The highest BCUT2D eigenvalue weighted by molar-refractivity contribution is 5.74. The molecule has 23 heavy (non-hydrogen) atoms. The number of aliphatic hydroxyl groups excluding tert-OH is 1. The normalized spacial score (nSPS) is 11.8. The molecule has 0 saturated heterocycles. The van der Waals surface area contributed by atoms with Gasteiger partial charge in [-0.2, -0.15) is 0 Å². The lowest BCUT2D eigenvalue weighted by Crippen LogP contribution is -2.38. The Hall–Kier alpha value is -2.47. The molecule has 2 amide bonds. The fourth-order valence-corrected chi connectivity index (χ4v) is 2.20. The Morgan fingerprint density at radius 2 is 1.87 bits per heavy atom. The van der Waals surface area contributed by atoms with Crippen molar-refractivity contribution in [1.82, 2.24) is 10.6 Å². The average Bonchev–Trinajstić information content (AvgIpc) is 2.56. The van der Waals surface area contributed by atoms with Crippen LogP contribution < -0.4 is 10.6 Å². The minimum absolute atomic E-state index is 0.0681. The van der Waals surface area contributed by atoms with Crippen LogP contribution in [-0.2, 0) is 6.54 Å². The third-order valence-corrected chi connectivity index (χ3v) is 3.37. The number of benzene rings is 2. The van der Waals surface area contributed by atoms with E-state index in [0.29, 0.717) is 6.42 Å². The smallest absolute Gasteiger partial charge is 0.315 e. The van der Waals surface area contributed by atoms with Gasteiger partial charge in [0.05, 0.1) is 6.04 Å². The molecule has 2 aromatic carbocycles. The fourth-order valence-electron chi connectivity index (χ4n) is 2.20. The summed E-state index contributed by atoms with van der Waals surface area (Å²) in [6.07, 6.45) is 0.353. The van der Waals surface area contributed by atoms with Crippen LogP contribution in [0.25, 0.3) is 0 Å². The van der Waals surface area contributed by atoms with Crippen LogP contribution >= 0.6 is 0 Å². The van der Waals surface area contributed by atoms with Gasteiger partial charge in [0.1, 0.15) is 11.6 Å². The first-order valence-electron chi connectivity index (χ1n) is 7.24. The summed E-state index contributed by atoms with van der Waals surface area (Å²) >= 11 is 0. The van der Waals surface area contributed by atoms with Crippen molar-refractivity contribution in [2.24, 2.45) is 0 Å². The molecule has 0 bridgehead atoms. The molecule has 0 unspecified atom stereocenters.